The van der Waals surface area contributed by atoms with Crippen LogP contribution in [0, 0.1) is 11.8 Å². The zero-order chi connectivity index (χ0) is 14.5. The van der Waals surface area contributed by atoms with Crippen molar-refractivity contribution in [2.45, 2.75) is 70.8 Å². The van der Waals surface area contributed by atoms with Crippen LogP contribution in [0.4, 0.5) is 0 Å². The Morgan fingerprint density at radius 2 is 1.50 bits per heavy atom. The molecule has 1 unspecified atom stereocenters. The minimum absolute atomic E-state index is 0.477. The number of rotatable bonds is 9. The number of hydrogen-bond donors (Lipinski definition) is 1. The molecule has 110 valence electrons. The molecule has 0 aromatic heterocycles. The summed E-state index contributed by atoms with van der Waals surface area (Å²) < 4.78 is 0. The van der Waals surface area contributed by atoms with E-state index in [1.165, 1.54) is 44.9 Å². The van der Waals surface area contributed by atoms with E-state index in [1.807, 2.05) is 30.3 Å². The van der Waals surface area contributed by atoms with E-state index in [0.717, 1.165) is 18.4 Å². The molecule has 0 bridgehead atoms. The van der Waals surface area contributed by atoms with Gasteiger partial charge in [0, 0.05) is 5.56 Å². The van der Waals surface area contributed by atoms with E-state index in [4.69, 9.17) is 0 Å². The fraction of sp³-hybridized carbons (Fsp3) is 0.579. The summed E-state index contributed by atoms with van der Waals surface area (Å²) in [6, 6.07) is 9.85. The average Bonchev–Trinajstić information content (AvgIpc) is 2.49. The number of benzene rings is 1. The second-order valence-electron chi connectivity index (χ2n) is 5.41. The summed E-state index contributed by atoms with van der Waals surface area (Å²) in [7, 11) is 0. The van der Waals surface area contributed by atoms with Gasteiger partial charge in [-0.1, -0.05) is 81.9 Å². The van der Waals surface area contributed by atoms with Crippen molar-refractivity contribution >= 4 is 0 Å². The van der Waals surface area contributed by atoms with E-state index in [2.05, 4.69) is 18.8 Å². The lowest BCUT2D eigenvalue weighted by Crippen LogP contribution is -2.02. The Morgan fingerprint density at radius 3 is 2.15 bits per heavy atom. The van der Waals surface area contributed by atoms with Gasteiger partial charge in [0.15, 0.2) is 0 Å². The van der Waals surface area contributed by atoms with Crippen molar-refractivity contribution in [1.82, 2.24) is 0 Å². The third-order valence-electron chi connectivity index (χ3n) is 3.49. The van der Waals surface area contributed by atoms with E-state index >= 15 is 0 Å². The van der Waals surface area contributed by atoms with Crippen LogP contribution in [0.25, 0.3) is 0 Å². The molecule has 0 fully saturated rings. The Kier molecular flexibility index (Phi) is 9.70. The molecule has 1 rings (SSSR count). The smallest absolute Gasteiger partial charge is 0.115 e. The Hall–Kier alpha value is -1.26. The standard InChI is InChI=1S/C19H28O/c1-2-3-4-5-6-7-8-12-15-19(20)17-16-18-13-10-9-11-14-18/h9-11,13-14,19-20H,2-8,12,15H2,1H3. The summed E-state index contributed by atoms with van der Waals surface area (Å²) >= 11 is 0. The van der Waals surface area contributed by atoms with Crippen LogP contribution in [0.2, 0.25) is 0 Å². The van der Waals surface area contributed by atoms with Crippen molar-refractivity contribution in [1.29, 1.82) is 0 Å². The minimum Gasteiger partial charge on any atom is -0.380 e. The maximum absolute atomic E-state index is 9.81. The maximum atomic E-state index is 9.81. The van der Waals surface area contributed by atoms with Crippen molar-refractivity contribution in [3.05, 3.63) is 35.9 Å². The van der Waals surface area contributed by atoms with Gasteiger partial charge < -0.3 is 5.11 Å². The molecule has 1 N–H and O–H groups in total. The van der Waals surface area contributed by atoms with Gasteiger partial charge in [0.25, 0.3) is 0 Å². The van der Waals surface area contributed by atoms with Crippen molar-refractivity contribution in [2.75, 3.05) is 0 Å². The topological polar surface area (TPSA) is 20.2 Å². The molecule has 0 aliphatic carbocycles. The zero-order valence-corrected chi connectivity index (χ0v) is 12.8. The van der Waals surface area contributed by atoms with Gasteiger partial charge in [0.05, 0.1) is 0 Å². The highest BCUT2D eigenvalue weighted by atomic mass is 16.3. The van der Waals surface area contributed by atoms with Gasteiger partial charge in [-0.15, -0.1) is 0 Å². The molecule has 1 heteroatoms. The van der Waals surface area contributed by atoms with Crippen LogP contribution in [0.15, 0.2) is 30.3 Å². The van der Waals surface area contributed by atoms with Crippen molar-refractivity contribution in [2.24, 2.45) is 0 Å². The van der Waals surface area contributed by atoms with Crippen LogP contribution in [-0.4, -0.2) is 11.2 Å². The monoisotopic (exact) mass is 272 g/mol. The number of aliphatic hydroxyl groups is 1. The Morgan fingerprint density at radius 1 is 0.900 bits per heavy atom. The summed E-state index contributed by atoms with van der Waals surface area (Å²) in [4.78, 5) is 0. The fourth-order valence-corrected chi connectivity index (χ4v) is 2.23. The Balaban J connectivity index is 2.03. The fourth-order valence-electron chi connectivity index (χ4n) is 2.23. The molecule has 1 atom stereocenters. The zero-order valence-electron chi connectivity index (χ0n) is 12.8. The van der Waals surface area contributed by atoms with Gasteiger partial charge in [-0.2, -0.15) is 0 Å². The predicted octanol–water partition coefficient (Wildman–Crippen LogP) is 4.93. The van der Waals surface area contributed by atoms with Gasteiger partial charge in [-0.25, -0.2) is 0 Å². The molecule has 0 aliphatic heterocycles. The number of unbranched alkanes of at least 4 members (excludes halogenated alkanes) is 7. The molecule has 0 aliphatic rings. The summed E-state index contributed by atoms with van der Waals surface area (Å²) in [6.45, 7) is 2.25. The molecule has 0 heterocycles. The van der Waals surface area contributed by atoms with Gasteiger partial charge in [-0.3, -0.25) is 0 Å². The number of hydrogen-bond acceptors (Lipinski definition) is 1. The molecule has 1 nitrogen and oxygen atoms in total. The van der Waals surface area contributed by atoms with Crippen LogP contribution < -0.4 is 0 Å². The summed E-state index contributed by atoms with van der Waals surface area (Å²) in [5, 5.41) is 9.81. The molecule has 0 saturated heterocycles. The third kappa shape index (κ3) is 8.77. The molecular formula is C19H28O. The van der Waals surface area contributed by atoms with Gasteiger partial charge in [0.1, 0.15) is 6.10 Å². The summed E-state index contributed by atoms with van der Waals surface area (Å²) in [6.07, 6.45) is 10.7. The lowest BCUT2D eigenvalue weighted by Gasteiger charge is -2.03. The van der Waals surface area contributed by atoms with Gasteiger partial charge in [-0.05, 0) is 25.0 Å². The lowest BCUT2D eigenvalue weighted by atomic mass is 10.1. The van der Waals surface area contributed by atoms with Crippen LogP contribution >= 0.6 is 0 Å². The maximum Gasteiger partial charge on any atom is 0.115 e. The van der Waals surface area contributed by atoms with E-state index in [-0.39, 0.29) is 0 Å². The predicted molar refractivity (Wildman–Crippen MR) is 86.6 cm³/mol. The van der Waals surface area contributed by atoms with Gasteiger partial charge >= 0.3 is 0 Å². The second kappa shape index (κ2) is 11.6. The summed E-state index contributed by atoms with van der Waals surface area (Å²) in [5.41, 5.74) is 0.975. The van der Waals surface area contributed by atoms with Crippen molar-refractivity contribution in [3.8, 4) is 11.8 Å². The summed E-state index contributed by atoms with van der Waals surface area (Å²) in [5.74, 6) is 5.94. The largest absolute Gasteiger partial charge is 0.380 e. The van der Waals surface area contributed by atoms with E-state index in [0.29, 0.717) is 0 Å². The van der Waals surface area contributed by atoms with E-state index in [9.17, 15) is 5.11 Å². The minimum atomic E-state index is -0.477. The molecule has 0 spiro atoms. The Bertz CT molecular complexity index is 385. The molecule has 1 aromatic rings. The highest BCUT2D eigenvalue weighted by molar-refractivity contribution is 5.34. The SMILES string of the molecule is CCCCCCCCCCC(O)C#Cc1ccccc1. The molecular weight excluding hydrogens is 244 g/mol. The highest BCUT2D eigenvalue weighted by Crippen LogP contribution is 2.10. The first-order chi connectivity index (χ1) is 9.83. The lowest BCUT2D eigenvalue weighted by molar-refractivity contribution is 0.217. The van der Waals surface area contributed by atoms with Crippen LogP contribution in [0.5, 0.6) is 0 Å². The first-order valence-electron chi connectivity index (χ1n) is 8.07. The first kappa shape index (κ1) is 16.8. The molecule has 20 heavy (non-hydrogen) atoms. The van der Waals surface area contributed by atoms with Crippen LogP contribution in [-0.2, 0) is 0 Å². The van der Waals surface area contributed by atoms with Gasteiger partial charge in [0.2, 0.25) is 0 Å². The Labute approximate surface area is 124 Å². The molecule has 1 aromatic carbocycles. The molecule has 0 amide bonds. The highest BCUT2D eigenvalue weighted by Gasteiger charge is 1.99. The average molecular weight is 272 g/mol. The number of aliphatic hydroxyl groups excluding tert-OH is 1. The molecule has 0 radical (unpaired) electrons. The van der Waals surface area contributed by atoms with E-state index in [1.54, 1.807) is 0 Å². The third-order valence-corrected chi connectivity index (χ3v) is 3.49. The normalized spacial score (nSPS) is 11.7. The molecule has 0 saturated carbocycles. The first-order valence-corrected chi connectivity index (χ1v) is 8.07. The second-order valence-corrected chi connectivity index (χ2v) is 5.41. The van der Waals surface area contributed by atoms with Crippen LogP contribution in [0.3, 0.4) is 0 Å². The quantitative estimate of drug-likeness (QED) is 0.499. The van der Waals surface area contributed by atoms with E-state index < -0.39 is 6.10 Å². The van der Waals surface area contributed by atoms with Crippen LogP contribution in [0.1, 0.15) is 70.3 Å². The van der Waals surface area contributed by atoms with Crippen molar-refractivity contribution in [3.63, 3.8) is 0 Å². The van der Waals surface area contributed by atoms with Crippen molar-refractivity contribution < 1.29 is 5.11 Å².